The van der Waals surface area contributed by atoms with Gasteiger partial charge in [-0.3, -0.25) is 14.5 Å². The molecule has 0 spiro atoms. The van der Waals surface area contributed by atoms with Crippen molar-refractivity contribution in [2.75, 3.05) is 0 Å². The van der Waals surface area contributed by atoms with E-state index < -0.39 is 5.76 Å². The minimum absolute atomic E-state index is 0.314. The molecule has 78 valence electrons. The molecule has 0 radical (unpaired) electrons. The summed E-state index contributed by atoms with van der Waals surface area (Å²) in [5, 5.41) is 3.62. The quantitative estimate of drug-likeness (QED) is 0.807. The number of hydrogen-bond donors (Lipinski definition) is 1. The Morgan fingerprint density at radius 1 is 1.47 bits per heavy atom. The maximum atomic E-state index is 10.8. The number of nitrogens with one attached hydrogen (secondary N) is 1. The molecular weight excluding hydrogens is 194 g/mol. The van der Waals surface area contributed by atoms with Crippen LogP contribution < -0.4 is 5.76 Å². The van der Waals surface area contributed by atoms with Crippen LogP contribution in [0, 0.1) is 0 Å². The van der Waals surface area contributed by atoms with Gasteiger partial charge >= 0.3 is 5.76 Å². The second-order valence-corrected chi connectivity index (χ2v) is 3.54. The topological polar surface area (TPSA) is 71.8 Å². The highest BCUT2D eigenvalue weighted by molar-refractivity contribution is 5.54. The van der Waals surface area contributed by atoms with Crippen molar-refractivity contribution in [1.29, 1.82) is 0 Å². The molecule has 0 aliphatic carbocycles. The zero-order valence-corrected chi connectivity index (χ0v) is 8.52. The lowest BCUT2D eigenvalue weighted by molar-refractivity contribution is 0.387. The van der Waals surface area contributed by atoms with Gasteiger partial charge in [-0.15, -0.1) is 0 Å². The van der Waals surface area contributed by atoms with E-state index in [4.69, 9.17) is 0 Å². The Hall–Kier alpha value is -1.91. The minimum Gasteiger partial charge on any atom is -0.296 e. The lowest BCUT2D eigenvalue weighted by Crippen LogP contribution is -1.99. The average Bonchev–Trinajstić information content (AvgIpc) is 2.65. The molecule has 0 amide bonds. The first-order chi connectivity index (χ1) is 7.18. The van der Waals surface area contributed by atoms with Gasteiger partial charge in [0, 0.05) is 6.20 Å². The number of hydrogen-bond acceptors (Lipinski definition) is 4. The fourth-order valence-electron chi connectivity index (χ4n) is 1.41. The standard InChI is InChI=1S/C10H11N3O2/c1-6(2)7-4-3-5-11-8(7)9-12-10(14)15-13-9/h3-6H,1-2H3,(H,12,13,14). The van der Waals surface area contributed by atoms with E-state index in [2.05, 4.69) is 33.5 Å². The molecule has 0 atom stereocenters. The number of rotatable bonds is 2. The number of aromatic nitrogens is 3. The lowest BCUT2D eigenvalue weighted by Gasteiger charge is -2.07. The molecule has 15 heavy (non-hydrogen) atoms. The van der Waals surface area contributed by atoms with Crippen molar-refractivity contribution in [1.82, 2.24) is 15.1 Å². The van der Waals surface area contributed by atoms with Gasteiger partial charge in [0.1, 0.15) is 5.69 Å². The van der Waals surface area contributed by atoms with E-state index >= 15 is 0 Å². The third-order valence-electron chi connectivity index (χ3n) is 2.13. The van der Waals surface area contributed by atoms with Gasteiger partial charge in [-0.1, -0.05) is 25.1 Å². The molecule has 2 rings (SSSR count). The van der Waals surface area contributed by atoms with Crippen LogP contribution in [-0.4, -0.2) is 15.1 Å². The third kappa shape index (κ3) is 1.81. The van der Waals surface area contributed by atoms with Gasteiger partial charge < -0.3 is 0 Å². The van der Waals surface area contributed by atoms with Gasteiger partial charge in [-0.05, 0) is 17.5 Å². The highest BCUT2D eigenvalue weighted by Crippen LogP contribution is 2.23. The number of pyridine rings is 1. The van der Waals surface area contributed by atoms with Gasteiger partial charge in [-0.25, -0.2) is 4.79 Å². The summed E-state index contributed by atoms with van der Waals surface area (Å²) in [6.07, 6.45) is 1.66. The van der Waals surface area contributed by atoms with Crippen LogP contribution in [-0.2, 0) is 0 Å². The summed E-state index contributed by atoms with van der Waals surface area (Å²) in [6.45, 7) is 4.11. The minimum atomic E-state index is -0.564. The van der Waals surface area contributed by atoms with Crippen LogP contribution >= 0.6 is 0 Å². The van der Waals surface area contributed by atoms with Crippen molar-refractivity contribution in [3.8, 4) is 11.5 Å². The summed E-state index contributed by atoms with van der Waals surface area (Å²) < 4.78 is 4.45. The molecule has 1 N–H and O–H groups in total. The fourth-order valence-corrected chi connectivity index (χ4v) is 1.41. The van der Waals surface area contributed by atoms with Crippen LogP contribution in [0.1, 0.15) is 25.3 Å². The van der Waals surface area contributed by atoms with Gasteiger partial charge in [0.05, 0.1) is 0 Å². The van der Waals surface area contributed by atoms with Crippen LogP contribution in [0.4, 0.5) is 0 Å². The van der Waals surface area contributed by atoms with Crippen LogP contribution in [0.3, 0.4) is 0 Å². The number of H-pyrrole nitrogens is 1. The Morgan fingerprint density at radius 3 is 2.87 bits per heavy atom. The normalized spacial score (nSPS) is 10.9. The molecule has 0 saturated carbocycles. The van der Waals surface area contributed by atoms with Crippen molar-refractivity contribution in [2.45, 2.75) is 19.8 Å². The maximum absolute atomic E-state index is 10.8. The summed E-state index contributed by atoms with van der Waals surface area (Å²) in [5.74, 6) is 0.128. The molecule has 2 heterocycles. The van der Waals surface area contributed by atoms with Gasteiger partial charge in [-0.2, -0.15) is 0 Å². The van der Waals surface area contributed by atoms with E-state index in [9.17, 15) is 4.79 Å². The Labute approximate surface area is 86.1 Å². The molecule has 0 aliphatic heterocycles. The van der Waals surface area contributed by atoms with Gasteiger partial charge in [0.2, 0.25) is 5.82 Å². The van der Waals surface area contributed by atoms with E-state index in [1.807, 2.05) is 12.1 Å². The summed E-state index contributed by atoms with van der Waals surface area (Å²) in [7, 11) is 0. The Balaban J connectivity index is 2.57. The first-order valence-corrected chi connectivity index (χ1v) is 4.69. The lowest BCUT2D eigenvalue weighted by atomic mass is 10.0. The summed E-state index contributed by atoms with van der Waals surface area (Å²) in [6, 6.07) is 3.82. The van der Waals surface area contributed by atoms with Crippen molar-refractivity contribution >= 4 is 0 Å². The van der Waals surface area contributed by atoms with Crippen molar-refractivity contribution in [3.63, 3.8) is 0 Å². The second-order valence-electron chi connectivity index (χ2n) is 3.54. The molecule has 0 saturated heterocycles. The molecule has 5 heteroatoms. The van der Waals surface area contributed by atoms with Crippen LogP contribution in [0.15, 0.2) is 27.6 Å². The van der Waals surface area contributed by atoms with Crippen LogP contribution in [0.25, 0.3) is 11.5 Å². The SMILES string of the molecule is CC(C)c1cccnc1-c1noc(=O)[nH]1. The highest BCUT2D eigenvalue weighted by Gasteiger charge is 2.12. The van der Waals surface area contributed by atoms with Crippen LogP contribution in [0.2, 0.25) is 0 Å². The van der Waals surface area contributed by atoms with Crippen molar-refractivity contribution in [2.24, 2.45) is 0 Å². The molecule has 0 bridgehead atoms. The first-order valence-electron chi connectivity index (χ1n) is 4.69. The molecule has 0 fully saturated rings. The molecule has 0 aliphatic rings. The van der Waals surface area contributed by atoms with E-state index in [1.54, 1.807) is 6.20 Å². The van der Waals surface area contributed by atoms with E-state index in [0.717, 1.165) is 5.56 Å². The van der Waals surface area contributed by atoms with Crippen LogP contribution in [0.5, 0.6) is 0 Å². The zero-order valence-electron chi connectivity index (χ0n) is 8.52. The molecule has 5 nitrogen and oxygen atoms in total. The highest BCUT2D eigenvalue weighted by atomic mass is 16.5. The first kappa shape index (κ1) is 9.64. The maximum Gasteiger partial charge on any atom is 0.439 e. The van der Waals surface area contributed by atoms with Crippen molar-refractivity contribution < 1.29 is 4.52 Å². The fraction of sp³-hybridized carbons (Fsp3) is 0.300. The molecular formula is C10H11N3O2. The van der Waals surface area contributed by atoms with E-state index in [0.29, 0.717) is 17.4 Å². The smallest absolute Gasteiger partial charge is 0.296 e. The summed E-state index contributed by atoms with van der Waals surface area (Å²) in [5.41, 5.74) is 1.69. The van der Waals surface area contributed by atoms with Crippen molar-refractivity contribution in [3.05, 3.63) is 34.4 Å². The van der Waals surface area contributed by atoms with Gasteiger partial charge in [0.25, 0.3) is 0 Å². The summed E-state index contributed by atoms with van der Waals surface area (Å²) in [4.78, 5) is 17.5. The predicted octanol–water partition coefficient (Wildman–Crippen LogP) is 1.55. The zero-order chi connectivity index (χ0) is 10.8. The Bertz CT molecular complexity index is 513. The summed E-state index contributed by atoms with van der Waals surface area (Å²) >= 11 is 0. The molecule has 0 aromatic carbocycles. The van der Waals surface area contributed by atoms with Gasteiger partial charge in [0.15, 0.2) is 0 Å². The molecule has 2 aromatic rings. The Kier molecular flexibility index (Phi) is 2.37. The monoisotopic (exact) mass is 205 g/mol. The predicted molar refractivity (Wildman–Crippen MR) is 54.4 cm³/mol. The second kappa shape index (κ2) is 3.68. The molecule has 0 unspecified atom stereocenters. The Morgan fingerprint density at radius 2 is 2.27 bits per heavy atom. The third-order valence-corrected chi connectivity index (χ3v) is 2.13. The largest absolute Gasteiger partial charge is 0.439 e. The average molecular weight is 205 g/mol. The number of aromatic amines is 1. The molecule has 2 aromatic heterocycles. The van der Waals surface area contributed by atoms with E-state index in [-0.39, 0.29) is 0 Å². The number of nitrogens with zero attached hydrogens (tertiary/aromatic N) is 2. The van der Waals surface area contributed by atoms with E-state index in [1.165, 1.54) is 0 Å².